The Bertz CT molecular complexity index is 665. The molecule has 2 aromatic rings. The van der Waals surface area contributed by atoms with Crippen molar-refractivity contribution < 1.29 is 13.0 Å². The highest BCUT2D eigenvalue weighted by Crippen LogP contribution is 2.29. The van der Waals surface area contributed by atoms with Gasteiger partial charge in [0.2, 0.25) is 0 Å². The number of halogens is 2. The van der Waals surface area contributed by atoms with Crippen LogP contribution < -0.4 is 0 Å². The van der Waals surface area contributed by atoms with Crippen molar-refractivity contribution >= 4 is 52.8 Å². The van der Waals surface area contributed by atoms with E-state index < -0.39 is 10.1 Å². The van der Waals surface area contributed by atoms with Crippen LogP contribution in [0.5, 0.6) is 0 Å². The molecule has 0 unspecified atom stereocenters. The normalized spacial score (nSPS) is 11.9. The second kappa shape index (κ2) is 4.10. The van der Waals surface area contributed by atoms with E-state index in [0.717, 1.165) is 19.7 Å². The monoisotopic (exact) mass is 364 g/mol. The summed E-state index contributed by atoms with van der Waals surface area (Å²) in [6, 6.07) is 8.11. The highest BCUT2D eigenvalue weighted by molar-refractivity contribution is 9.11. The van der Waals surface area contributed by atoms with E-state index in [1.54, 1.807) is 12.1 Å². The summed E-state index contributed by atoms with van der Waals surface area (Å²) in [4.78, 5) is -0.106. The van der Waals surface area contributed by atoms with Crippen LogP contribution in [0.15, 0.2) is 44.2 Å². The third-order valence-corrected chi connectivity index (χ3v) is 4.10. The van der Waals surface area contributed by atoms with Gasteiger partial charge in [0, 0.05) is 8.95 Å². The van der Waals surface area contributed by atoms with Crippen molar-refractivity contribution in [2.75, 3.05) is 0 Å². The van der Waals surface area contributed by atoms with Crippen molar-refractivity contribution in [3.05, 3.63) is 39.3 Å². The summed E-state index contributed by atoms with van der Waals surface area (Å²) < 4.78 is 32.6. The van der Waals surface area contributed by atoms with E-state index in [0.29, 0.717) is 0 Å². The SMILES string of the molecule is O=S(=O)(O)c1ccc2c(Br)cc(Br)cc2c1. The molecule has 0 spiro atoms. The lowest BCUT2D eigenvalue weighted by atomic mass is 10.1. The van der Waals surface area contributed by atoms with Gasteiger partial charge < -0.3 is 0 Å². The Morgan fingerprint density at radius 2 is 1.75 bits per heavy atom. The molecule has 0 aliphatic carbocycles. The lowest BCUT2D eigenvalue weighted by Crippen LogP contribution is -1.97. The molecule has 0 aliphatic rings. The third kappa shape index (κ3) is 2.29. The van der Waals surface area contributed by atoms with Crippen LogP contribution in [0.1, 0.15) is 0 Å². The summed E-state index contributed by atoms with van der Waals surface area (Å²) >= 11 is 6.70. The molecule has 0 bridgehead atoms. The Morgan fingerprint density at radius 1 is 1.06 bits per heavy atom. The van der Waals surface area contributed by atoms with Gasteiger partial charge in [-0.05, 0) is 35.0 Å². The molecule has 84 valence electrons. The number of hydrogen-bond acceptors (Lipinski definition) is 2. The molecule has 0 heterocycles. The van der Waals surface area contributed by atoms with Gasteiger partial charge >= 0.3 is 0 Å². The van der Waals surface area contributed by atoms with E-state index in [4.69, 9.17) is 4.55 Å². The second-order valence-electron chi connectivity index (χ2n) is 3.25. The van der Waals surface area contributed by atoms with Gasteiger partial charge in [0.05, 0.1) is 4.90 Å². The zero-order chi connectivity index (χ0) is 11.9. The maximum atomic E-state index is 11.0. The van der Waals surface area contributed by atoms with E-state index in [1.165, 1.54) is 12.1 Å². The first-order valence-corrected chi connectivity index (χ1v) is 7.27. The Hall–Kier alpha value is -0.430. The van der Waals surface area contributed by atoms with Gasteiger partial charge in [0.15, 0.2) is 0 Å². The smallest absolute Gasteiger partial charge is 0.282 e. The van der Waals surface area contributed by atoms with E-state index in [9.17, 15) is 8.42 Å². The highest BCUT2D eigenvalue weighted by Gasteiger charge is 2.10. The molecule has 3 nitrogen and oxygen atoms in total. The molecule has 0 aliphatic heterocycles. The molecule has 16 heavy (non-hydrogen) atoms. The van der Waals surface area contributed by atoms with Crippen LogP contribution >= 0.6 is 31.9 Å². The van der Waals surface area contributed by atoms with Gasteiger partial charge in [-0.15, -0.1) is 0 Å². The molecule has 0 saturated heterocycles. The van der Waals surface area contributed by atoms with E-state index in [-0.39, 0.29) is 4.90 Å². The molecule has 1 N–H and O–H groups in total. The standard InChI is InChI=1S/C10H6Br2O3S/c11-7-3-6-4-8(16(13,14)15)1-2-9(6)10(12)5-7/h1-5H,(H,13,14,15). The highest BCUT2D eigenvalue weighted by atomic mass is 79.9. The predicted octanol–water partition coefficient (Wildman–Crippen LogP) is 3.61. The predicted molar refractivity (Wildman–Crippen MR) is 69.2 cm³/mol. The van der Waals surface area contributed by atoms with Gasteiger partial charge in [0.1, 0.15) is 0 Å². The average Bonchev–Trinajstić information content (AvgIpc) is 2.15. The van der Waals surface area contributed by atoms with Crippen molar-refractivity contribution in [2.45, 2.75) is 4.90 Å². The van der Waals surface area contributed by atoms with Crippen LogP contribution in [0.2, 0.25) is 0 Å². The van der Waals surface area contributed by atoms with E-state index in [1.807, 2.05) is 6.07 Å². The Balaban J connectivity index is 2.81. The Morgan fingerprint density at radius 3 is 2.38 bits per heavy atom. The van der Waals surface area contributed by atoms with Crippen LogP contribution in [-0.2, 0) is 10.1 Å². The molecule has 6 heteroatoms. The zero-order valence-electron chi connectivity index (χ0n) is 7.81. The topological polar surface area (TPSA) is 54.4 Å². The van der Waals surface area contributed by atoms with Gasteiger partial charge in [-0.25, -0.2) is 0 Å². The lowest BCUT2D eigenvalue weighted by molar-refractivity contribution is 0.483. The van der Waals surface area contributed by atoms with Gasteiger partial charge in [-0.3, -0.25) is 4.55 Å². The fourth-order valence-corrected chi connectivity index (χ4v) is 3.33. The average molecular weight is 366 g/mol. The van der Waals surface area contributed by atoms with Crippen molar-refractivity contribution in [2.24, 2.45) is 0 Å². The summed E-state index contributed by atoms with van der Waals surface area (Å²) in [7, 11) is -4.15. The minimum absolute atomic E-state index is 0.106. The van der Waals surface area contributed by atoms with Crippen LogP contribution in [-0.4, -0.2) is 13.0 Å². The molecule has 0 aromatic heterocycles. The van der Waals surface area contributed by atoms with Crippen molar-refractivity contribution in [3.63, 3.8) is 0 Å². The fourth-order valence-electron chi connectivity index (χ4n) is 1.43. The van der Waals surface area contributed by atoms with Crippen LogP contribution in [0.3, 0.4) is 0 Å². The van der Waals surface area contributed by atoms with Crippen molar-refractivity contribution in [1.29, 1.82) is 0 Å². The zero-order valence-corrected chi connectivity index (χ0v) is 11.8. The summed E-state index contributed by atoms with van der Waals surface area (Å²) in [6.45, 7) is 0. The fraction of sp³-hybridized carbons (Fsp3) is 0. The van der Waals surface area contributed by atoms with Gasteiger partial charge in [-0.2, -0.15) is 8.42 Å². The van der Waals surface area contributed by atoms with E-state index >= 15 is 0 Å². The number of hydrogen-bond donors (Lipinski definition) is 1. The van der Waals surface area contributed by atoms with E-state index in [2.05, 4.69) is 31.9 Å². The molecular formula is C10H6Br2O3S. The van der Waals surface area contributed by atoms with Crippen LogP contribution in [0, 0.1) is 0 Å². The maximum Gasteiger partial charge on any atom is 0.294 e. The van der Waals surface area contributed by atoms with Crippen LogP contribution in [0.25, 0.3) is 10.8 Å². The summed E-state index contributed by atoms with van der Waals surface area (Å²) in [5.74, 6) is 0. The van der Waals surface area contributed by atoms with Crippen molar-refractivity contribution in [3.8, 4) is 0 Å². The molecule has 0 saturated carbocycles. The van der Waals surface area contributed by atoms with Gasteiger partial charge in [0.25, 0.3) is 10.1 Å². The summed E-state index contributed by atoms with van der Waals surface area (Å²) in [6.07, 6.45) is 0. The molecule has 0 amide bonds. The first-order chi connectivity index (χ1) is 7.38. The quantitative estimate of drug-likeness (QED) is 0.785. The first-order valence-electron chi connectivity index (χ1n) is 4.24. The summed E-state index contributed by atoms with van der Waals surface area (Å²) in [5, 5.41) is 1.62. The maximum absolute atomic E-state index is 11.0. The summed E-state index contributed by atoms with van der Waals surface area (Å²) in [5.41, 5.74) is 0. The molecular weight excluding hydrogens is 360 g/mol. The van der Waals surface area contributed by atoms with Crippen LogP contribution in [0.4, 0.5) is 0 Å². The lowest BCUT2D eigenvalue weighted by Gasteiger charge is -2.04. The molecule has 0 fully saturated rings. The molecule has 2 aromatic carbocycles. The van der Waals surface area contributed by atoms with Crippen molar-refractivity contribution in [1.82, 2.24) is 0 Å². The molecule has 0 radical (unpaired) electrons. The number of fused-ring (bicyclic) bond motifs is 1. The largest absolute Gasteiger partial charge is 0.294 e. The molecule has 0 atom stereocenters. The minimum atomic E-state index is -4.15. The van der Waals surface area contributed by atoms with Gasteiger partial charge in [-0.1, -0.05) is 37.9 Å². The third-order valence-electron chi connectivity index (χ3n) is 2.14. The number of rotatable bonds is 1. The molecule has 2 rings (SSSR count). The Kier molecular flexibility index (Phi) is 3.09. The minimum Gasteiger partial charge on any atom is -0.282 e. The second-order valence-corrected chi connectivity index (χ2v) is 6.44. The number of benzene rings is 2. The first kappa shape index (κ1) is 12.0. The Labute approximate surface area is 109 Å².